The summed E-state index contributed by atoms with van der Waals surface area (Å²) >= 11 is 0. The van der Waals surface area contributed by atoms with Gasteiger partial charge in [0.05, 0.1) is 5.56 Å². The fourth-order valence-electron chi connectivity index (χ4n) is 1.81. The number of carbonyl (C=O) groups is 1. The van der Waals surface area contributed by atoms with Crippen molar-refractivity contribution in [2.24, 2.45) is 0 Å². The molecule has 2 heteroatoms. The Hall–Kier alpha value is -1.31. The fraction of sp³-hybridized carbons (Fsp3) is 0.500. The maximum atomic E-state index is 11.0. The van der Waals surface area contributed by atoms with Gasteiger partial charge in [-0.1, -0.05) is 38.3 Å². The van der Waals surface area contributed by atoms with Gasteiger partial charge in [0, 0.05) is 0 Å². The highest BCUT2D eigenvalue weighted by Gasteiger charge is 2.07. The van der Waals surface area contributed by atoms with Crippen LogP contribution in [0.15, 0.2) is 18.2 Å². The molecule has 0 aliphatic carbocycles. The molecule has 0 spiro atoms. The van der Waals surface area contributed by atoms with Crippen LogP contribution in [-0.4, -0.2) is 11.1 Å². The summed E-state index contributed by atoms with van der Waals surface area (Å²) in [5, 5.41) is 9.00. The van der Waals surface area contributed by atoms with Crippen molar-refractivity contribution in [3.05, 3.63) is 34.9 Å². The summed E-state index contributed by atoms with van der Waals surface area (Å²) in [6.45, 7) is 4.03. The van der Waals surface area contributed by atoms with Crippen molar-refractivity contribution in [1.29, 1.82) is 0 Å². The molecule has 2 nitrogen and oxygen atoms in total. The minimum atomic E-state index is -0.826. The molecule has 0 aliphatic heterocycles. The number of hydrogen-bond acceptors (Lipinski definition) is 1. The summed E-state index contributed by atoms with van der Waals surface area (Å²) in [6, 6.07) is 5.75. The van der Waals surface area contributed by atoms with E-state index in [1.54, 1.807) is 0 Å². The first-order valence-corrected chi connectivity index (χ1v) is 5.98. The zero-order chi connectivity index (χ0) is 12.0. The molecule has 1 aromatic rings. The Morgan fingerprint density at radius 2 is 2.00 bits per heavy atom. The minimum absolute atomic E-state index is 0.438. The summed E-state index contributed by atoms with van der Waals surface area (Å²) in [5.74, 6) is -0.826. The molecule has 0 aromatic heterocycles. The first kappa shape index (κ1) is 12.8. The Balaban J connectivity index is 2.61. The third kappa shape index (κ3) is 3.69. The third-order valence-corrected chi connectivity index (χ3v) is 2.85. The normalized spacial score (nSPS) is 10.4. The lowest BCUT2D eigenvalue weighted by atomic mass is 10.0. The molecule has 0 fully saturated rings. The van der Waals surface area contributed by atoms with Crippen molar-refractivity contribution in [2.45, 2.75) is 46.0 Å². The van der Waals surface area contributed by atoms with Crippen molar-refractivity contribution in [3.8, 4) is 0 Å². The number of carboxylic acid groups (broad SMARTS) is 1. The van der Waals surface area contributed by atoms with Crippen LogP contribution in [0, 0.1) is 6.92 Å². The molecular formula is C14H20O2. The number of hydrogen-bond donors (Lipinski definition) is 1. The Morgan fingerprint density at radius 1 is 1.25 bits per heavy atom. The van der Waals surface area contributed by atoms with Crippen LogP contribution in [0.5, 0.6) is 0 Å². The first-order chi connectivity index (χ1) is 7.65. The minimum Gasteiger partial charge on any atom is -0.478 e. The molecule has 0 aliphatic rings. The van der Waals surface area contributed by atoms with Crippen LogP contribution in [0.1, 0.15) is 54.1 Å². The van der Waals surface area contributed by atoms with Crippen molar-refractivity contribution in [1.82, 2.24) is 0 Å². The van der Waals surface area contributed by atoms with E-state index in [4.69, 9.17) is 5.11 Å². The van der Waals surface area contributed by atoms with E-state index in [0.717, 1.165) is 24.0 Å². The number of benzene rings is 1. The topological polar surface area (TPSA) is 37.3 Å². The van der Waals surface area contributed by atoms with Gasteiger partial charge in [0.1, 0.15) is 0 Å². The lowest BCUT2D eigenvalue weighted by molar-refractivity contribution is 0.0696. The molecule has 0 amide bonds. The second-order valence-electron chi connectivity index (χ2n) is 4.27. The van der Waals surface area contributed by atoms with E-state index in [-0.39, 0.29) is 0 Å². The van der Waals surface area contributed by atoms with E-state index < -0.39 is 5.97 Å². The van der Waals surface area contributed by atoms with E-state index in [1.807, 2.05) is 25.1 Å². The fourth-order valence-corrected chi connectivity index (χ4v) is 1.81. The van der Waals surface area contributed by atoms with Gasteiger partial charge in [0.25, 0.3) is 0 Å². The number of aromatic carboxylic acids is 1. The number of aryl methyl sites for hydroxylation is 2. The van der Waals surface area contributed by atoms with Crippen LogP contribution in [0.3, 0.4) is 0 Å². The SMILES string of the molecule is CCCCCCc1ccc(C)c(C(=O)O)c1. The monoisotopic (exact) mass is 220 g/mol. The Labute approximate surface area is 97.3 Å². The molecule has 0 heterocycles. The van der Waals surface area contributed by atoms with E-state index in [9.17, 15) is 4.79 Å². The molecule has 1 N–H and O–H groups in total. The smallest absolute Gasteiger partial charge is 0.335 e. The Kier molecular flexibility index (Phi) is 5.03. The van der Waals surface area contributed by atoms with Gasteiger partial charge >= 0.3 is 5.97 Å². The second kappa shape index (κ2) is 6.31. The molecule has 0 saturated carbocycles. The number of carboxylic acids is 1. The maximum Gasteiger partial charge on any atom is 0.335 e. The molecule has 1 rings (SSSR count). The lowest BCUT2D eigenvalue weighted by Gasteiger charge is -2.05. The maximum absolute atomic E-state index is 11.0. The van der Waals surface area contributed by atoms with E-state index in [0.29, 0.717) is 5.56 Å². The summed E-state index contributed by atoms with van der Waals surface area (Å²) in [6.07, 6.45) is 5.86. The van der Waals surface area contributed by atoms with Crippen LogP contribution in [0.25, 0.3) is 0 Å². The number of rotatable bonds is 6. The molecular weight excluding hydrogens is 200 g/mol. The number of unbranched alkanes of at least 4 members (excludes halogenated alkanes) is 3. The van der Waals surface area contributed by atoms with Crippen LogP contribution in [0.2, 0.25) is 0 Å². The van der Waals surface area contributed by atoms with Gasteiger partial charge in [0.15, 0.2) is 0 Å². The molecule has 0 saturated heterocycles. The standard InChI is InChI=1S/C14H20O2/c1-3-4-5-6-7-12-9-8-11(2)13(10-12)14(15)16/h8-10H,3-7H2,1-2H3,(H,15,16). The van der Waals surface area contributed by atoms with E-state index in [2.05, 4.69) is 6.92 Å². The van der Waals surface area contributed by atoms with Crippen molar-refractivity contribution < 1.29 is 9.90 Å². The van der Waals surface area contributed by atoms with Gasteiger partial charge in [-0.3, -0.25) is 0 Å². The average Bonchev–Trinajstić information content (AvgIpc) is 2.26. The zero-order valence-corrected chi connectivity index (χ0v) is 10.1. The van der Waals surface area contributed by atoms with Gasteiger partial charge in [-0.05, 0) is 37.0 Å². The largest absolute Gasteiger partial charge is 0.478 e. The molecule has 0 unspecified atom stereocenters. The predicted molar refractivity (Wildman–Crippen MR) is 66.0 cm³/mol. The Morgan fingerprint density at radius 3 is 2.62 bits per heavy atom. The summed E-state index contributed by atoms with van der Waals surface area (Å²) in [5.41, 5.74) is 2.41. The van der Waals surface area contributed by atoms with E-state index in [1.165, 1.54) is 19.3 Å². The molecule has 0 atom stereocenters. The Bertz CT molecular complexity index is 356. The molecule has 88 valence electrons. The third-order valence-electron chi connectivity index (χ3n) is 2.85. The van der Waals surface area contributed by atoms with Crippen molar-refractivity contribution >= 4 is 5.97 Å². The highest BCUT2D eigenvalue weighted by molar-refractivity contribution is 5.89. The van der Waals surface area contributed by atoms with Gasteiger partial charge in [-0.25, -0.2) is 4.79 Å². The quantitative estimate of drug-likeness (QED) is 0.740. The van der Waals surface area contributed by atoms with Crippen molar-refractivity contribution in [2.75, 3.05) is 0 Å². The molecule has 0 bridgehead atoms. The predicted octanol–water partition coefficient (Wildman–Crippen LogP) is 3.82. The van der Waals surface area contributed by atoms with Gasteiger partial charge < -0.3 is 5.11 Å². The van der Waals surface area contributed by atoms with Crippen LogP contribution in [0.4, 0.5) is 0 Å². The lowest BCUT2D eigenvalue weighted by Crippen LogP contribution is -2.01. The summed E-state index contributed by atoms with van der Waals surface area (Å²) in [7, 11) is 0. The summed E-state index contributed by atoms with van der Waals surface area (Å²) < 4.78 is 0. The van der Waals surface area contributed by atoms with Gasteiger partial charge in [-0.2, -0.15) is 0 Å². The molecule has 16 heavy (non-hydrogen) atoms. The average molecular weight is 220 g/mol. The molecule has 1 aromatic carbocycles. The molecule has 0 radical (unpaired) electrons. The first-order valence-electron chi connectivity index (χ1n) is 5.98. The van der Waals surface area contributed by atoms with Crippen LogP contribution in [-0.2, 0) is 6.42 Å². The van der Waals surface area contributed by atoms with Gasteiger partial charge in [-0.15, -0.1) is 0 Å². The van der Waals surface area contributed by atoms with Crippen LogP contribution >= 0.6 is 0 Å². The zero-order valence-electron chi connectivity index (χ0n) is 10.1. The summed E-state index contributed by atoms with van der Waals surface area (Å²) in [4.78, 5) is 11.0. The highest BCUT2D eigenvalue weighted by atomic mass is 16.4. The van der Waals surface area contributed by atoms with Gasteiger partial charge in [0.2, 0.25) is 0 Å². The van der Waals surface area contributed by atoms with Crippen LogP contribution < -0.4 is 0 Å². The van der Waals surface area contributed by atoms with E-state index >= 15 is 0 Å². The van der Waals surface area contributed by atoms with Crippen molar-refractivity contribution in [3.63, 3.8) is 0 Å². The second-order valence-corrected chi connectivity index (χ2v) is 4.27. The highest BCUT2D eigenvalue weighted by Crippen LogP contribution is 2.14.